The molecule has 7 heteroatoms. The summed E-state index contributed by atoms with van der Waals surface area (Å²) >= 11 is 0. The average Bonchev–Trinajstić information content (AvgIpc) is 2.40. The van der Waals surface area contributed by atoms with Crippen LogP contribution in [0.4, 0.5) is 0 Å². The van der Waals surface area contributed by atoms with Crippen LogP contribution >= 0.6 is 0 Å². The van der Waals surface area contributed by atoms with Crippen LogP contribution < -0.4 is 0 Å². The van der Waals surface area contributed by atoms with E-state index in [1.807, 2.05) is 0 Å². The Labute approximate surface area is 114 Å². The molecule has 0 saturated carbocycles. The van der Waals surface area contributed by atoms with Gasteiger partial charge in [-0.2, -0.15) is 4.31 Å². The Hall–Kier alpha value is -1.05. The summed E-state index contributed by atoms with van der Waals surface area (Å²) in [5.74, 6) is 0. The lowest BCUT2D eigenvalue weighted by Gasteiger charge is -2.34. The third-order valence-electron chi connectivity index (χ3n) is 3.31. The Bertz CT molecular complexity index is 496. The van der Waals surface area contributed by atoms with E-state index in [0.29, 0.717) is 13.1 Å². The summed E-state index contributed by atoms with van der Waals surface area (Å²) in [6, 6.07) is 0. The fraction of sp³-hybridized carbons (Fsp3) is 0.667. The lowest BCUT2D eigenvalue weighted by molar-refractivity contribution is 0.180. The summed E-state index contributed by atoms with van der Waals surface area (Å²) in [6.07, 6.45) is 5.10. The fourth-order valence-electron chi connectivity index (χ4n) is 2.11. The van der Waals surface area contributed by atoms with E-state index in [-0.39, 0.29) is 5.25 Å². The topological polar surface area (TPSA) is 66.4 Å². The monoisotopic (exact) mass is 284 g/mol. The van der Waals surface area contributed by atoms with Crippen molar-refractivity contribution >= 4 is 10.0 Å². The second-order valence-corrected chi connectivity index (χ2v) is 7.50. The zero-order valence-corrected chi connectivity index (χ0v) is 12.2. The molecule has 0 N–H and O–H groups in total. The number of nitrogens with zero attached hydrogens (tertiary/aromatic N) is 4. The molecule has 0 bridgehead atoms. The van der Waals surface area contributed by atoms with Crippen molar-refractivity contribution in [3.8, 4) is 0 Å². The largest absolute Gasteiger partial charge is 0.296 e. The summed E-state index contributed by atoms with van der Waals surface area (Å²) in [7, 11) is -3.11. The van der Waals surface area contributed by atoms with Crippen LogP contribution in [0.3, 0.4) is 0 Å². The highest BCUT2D eigenvalue weighted by molar-refractivity contribution is 7.89. The van der Waals surface area contributed by atoms with E-state index in [1.54, 1.807) is 30.5 Å². The molecule has 19 heavy (non-hydrogen) atoms. The van der Waals surface area contributed by atoms with Crippen molar-refractivity contribution in [3.63, 3.8) is 0 Å². The smallest absolute Gasteiger partial charge is 0.216 e. The molecule has 0 unspecified atom stereocenters. The maximum atomic E-state index is 12.0. The molecule has 106 valence electrons. The zero-order chi connectivity index (χ0) is 13.9. The number of rotatable bonds is 4. The van der Waals surface area contributed by atoms with Gasteiger partial charge < -0.3 is 0 Å². The van der Waals surface area contributed by atoms with Gasteiger partial charge in [0.15, 0.2) is 0 Å². The van der Waals surface area contributed by atoms with E-state index in [2.05, 4.69) is 14.9 Å². The van der Waals surface area contributed by atoms with Gasteiger partial charge in [-0.3, -0.25) is 4.90 Å². The maximum Gasteiger partial charge on any atom is 0.216 e. The van der Waals surface area contributed by atoms with Gasteiger partial charge in [-0.05, 0) is 13.8 Å². The molecular weight excluding hydrogens is 264 g/mol. The van der Waals surface area contributed by atoms with E-state index >= 15 is 0 Å². The van der Waals surface area contributed by atoms with Crippen LogP contribution in [-0.4, -0.2) is 59.0 Å². The van der Waals surface area contributed by atoms with Crippen LogP contribution in [-0.2, 0) is 16.6 Å². The SMILES string of the molecule is CC(C)S(=O)(=O)N1CCN(Cc2cncnc2)CC1. The number of aromatic nitrogens is 2. The van der Waals surface area contributed by atoms with Crippen molar-refractivity contribution in [2.45, 2.75) is 25.6 Å². The Morgan fingerprint density at radius 2 is 1.74 bits per heavy atom. The van der Waals surface area contributed by atoms with Gasteiger partial charge in [-0.1, -0.05) is 0 Å². The molecule has 6 nitrogen and oxygen atoms in total. The average molecular weight is 284 g/mol. The summed E-state index contributed by atoms with van der Waals surface area (Å²) in [5, 5.41) is -0.346. The number of piperazine rings is 1. The number of hydrogen-bond acceptors (Lipinski definition) is 5. The summed E-state index contributed by atoms with van der Waals surface area (Å²) in [4.78, 5) is 10.2. The number of sulfonamides is 1. The van der Waals surface area contributed by atoms with Crippen molar-refractivity contribution < 1.29 is 8.42 Å². The van der Waals surface area contributed by atoms with E-state index in [9.17, 15) is 8.42 Å². The van der Waals surface area contributed by atoms with E-state index in [1.165, 1.54) is 6.33 Å². The first-order valence-corrected chi connectivity index (χ1v) is 7.95. The van der Waals surface area contributed by atoms with Gasteiger partial charge in [0.05, 0.1) is 5.25 Å². The normalized spacial score (nSPS) is 18.9. The quantitative estimate of drug-likeness (QED) is 0.797. The first kappa shape index (κ1) is 14.4. The first-order valence-electron chi connectivity index (χ1n) is 6.45. The highest BCUT2D eigenvalue weighted by Gasteiger charge is 2.29. The van der Waals surface area contributed by atoms with Crippen LogP contribution in [0.25, 0.3) is 0 Å². The molecule has 0 radical (unpaired) electrons. The molecule has 1 saturated heterocycles. The van der Waals surface area contributed by atoms with Crippen molar-refractivity contribution in [2.75, 3.05) is 26.2 Å². The van der Waals surface area contributed by atoms with E-state index in [4.69, 9.17) is 0 Å². The predicted molar refractivity (Wildman–Crippen MR) is 72.9 cm³/mol. The molecular formula is C12H20N4O2S. The molecule has 2 heterocycles. The van der Waals surface area contributed by atoms with Crippen molar-refractivity contribution in [2.24, 2.45) is 0 Å². The van der Waals surface area contributed by atoms with Crippen LogP contribution in [0.1, 0.15) is 19.4 Å². The highest BCUT2D eigenvalue weighted by atomic mass is 32.2. The van der Waals surface area contributed by atoms with Gasteiger partial charge in [0.1, 0.15) is 6.33 Å². The van der Waals surface area contributed by atoms with Crippen LogP contribution in [0.2, 0.25) is 0 Å². The van der Waals surface area contributed by atoms with Gasteiger partial charge in [0.25, 0.3) is 0 Å². The van der Waals surface area contributed by atoms with Gasteiger partial charge in [-0.15, -0.1) is 0 Å². The van der Waals surface area contributed by atoms with Gasteiger partial charge in [0, 0.05) is 50.7 Å². The third-order valence-corrected chi connectivity index (χ3v) is 5.58. The molecule has 1 aromatic rings. The molecule has 0 amide bonds. The zero-order valence-electron chi connectivity index (χ0n) is 11.4. The third kappa shape index (κ3) is 3.49. The van der Waals surface area contributed by atoms with Crippen LogP contribution in [0, 0.1) is 0 Å². The summed E-state index contributed by atoms with van der Waals surface area (Å²) in [6.45, 7) is 6.85. The Morgan fingerprint density at radius 1 is 1.16 bits per heavy atom. The molecule has 1 aliphatic rings. The lowest BCUT2D eigenvalue weighted by Crippen LogP contribution is -2.49. The molecule has 0 aromatic carbocycles. The lowest BCUT2D eigenvalue weighted by atomic mass is 10.3. The van der Waals surface area contributed by atoms with Crippen molar-refractivity contribution in [3.05, 3.63) is 24.3 Å². The Kier molecular flexibility index (Phi) is 4.49. The van der Waals surface area contributed by atoms with E-state index in [0.717, 1.165) is 25.2 Å². The molecule has 1 aliphatic heterocycles. The first-order chi connectivity index (χ1) is 9.00. The molecule has 0 aliphatic carbocycles. The Morgan fingerprint density at radius 3 is 2.26 bits per heavy atom. The maximum absolute atomic E-state index is 12.0. The second-order valence-electron chi connectivity index (χ2n) is 5.02. The van der Waals surface area contributed by atoms with E-state index < -0.39 is 10.0 Å². The molecule has 1 fully saturated rings. The van der Waals surface area contributed by atoms with Gasteiger partial charge >= 0.3 is 0 Å². The van der Waals surface area contributed by atoms with Crippen molar-refractivity contribution in [1.82, 2.24) is 19.2 Å². The minimum Gasteiger partial charge on any atom is -0.296 e. The van der Waals surface area contributed by atoms with Gasteiger partial charge in [-0.25, -0.2) is 18.4 Å². The summed E-state index contributed by atoms with van der Waals surface area (Å²) in [5.41, 5.74) is 1.06. The Balaban J connectivity index is 1.90. The van der Waals surface area contributed by atoms with Crippen LogP contribution in [0.15, 0.2) is 18.7 Å². The predicted octanol–water partition coefficient (Wildman–Crippen LogP) is 0.332. The highest BCUT2D eigenvalue weighted by Crippen LogP contribution is 2.13. The molecule has 0 atom stereocenters. The minimum absolute atomic E-state index is 0.346. The summed E-state index contributed by atoms with van der Waals surface area (Å²) < 4.78 is 25.7. The fourth-order valence-corrected chi connectivity index (χ4v) is 3.38. The number of hydrogen-bond donors (Lipinski definition) is 0. The van der Waals surface area contributed by atoms with Crippen LogP contribution in [0.5, 0.6) is 0 Å². The van der Waals surface area contributed by atoms with Crippen molar-refractivity contribution in [1.29, 1.82) is 0 Å². The molecule has 0 spiro atoms. The molecule has 2 rings (SSSR count). The standard InChI is InChI=1S/C12H20N4O2S/c1-11(2)19(17,18)16-5-3-15(4-6-16)9-12-7-13-10-14-8-12/h7-8,10-11H,3-6,9H2,1-2H3. The van der Waals surface area contributed by atoms with Gasteiger partial charge in [0.2, 0.25) is 10.0 Å². The molecule has 1 aromatic heterocycles. The second kappa shape index (κ2) is 5.94. The minimum atomic E-state index is -3.11.